The Morgan fingerprint density at radius 2 is 1.84 bits per heavy atom. The summed E-state index contributed by atoms with van der Waals surface area (Å²) in [6.45, 7) is 6.03. The summed E-state index contributed by atoms with van der Waals surface area (Å²) in [6.07, 6.45) is 3.25. The number of benzene rings is 2. The molecule has 0 radical (unpaired) electrons. The zero-order chi connectivity index (χ0) is 30.8. The summed E-state index contributed by atoms with van der Waals surface area (Å²) in [6, 6.07) is 11.9. The van der Waals surface area contributed by atoms with Crippen LogP contribution in [0.15, 0.2) is 54.9 Å². The van der Waals surface area contributed by atoms with Gasteiger partial charge >= 0.3 is 0 Å². The van der Waals surface area contributed by atoms with Crippen molar-refractivity contribution in [1.29, 1.82) is 0 Å². The van der Waals surface area contributed by atoms with Crippen LogP contribution in [0.2, 0.25) is 0 Å². The summed E-state index contributed by atoms with van der Waals surface area (Å²) in [4.78, 5) is 13.4. The Hall–Kier alpha value is -3.97. The third-order valence-corrected chi connectivity index (χ3v) is 8.46. The monoisotopic (exact) mass is 614 g/mol. The van der Waals surface area contributed by atoms with Crippen LogP contribution in [0.1, 0.15) is 32.3 Å². The molecule has 2 aromatic carbocycles. The summed E-state index contributed by atoms with van der Waals surface area (Å²) in [5.74, 6) is -3.67. The summed E-state index contributed by atoms with van der Waals surface area (Å²) >= 11 is 0. The maximum Gasteiger partial charge on any atom is 0.246 e. The van der Waals surface area contributed by atoms with Crippen molar-refractivity contribution in [2.24, 2.45) is 5.92 Å². The molecule has 0 saturated carbocycles. The van der Waals surface area contributed by atoms with Crippen molar-refractivity contribution in [3.8, 4) is 22.9 Å². The van der Waals surface area contributed by atoms with E-state index in [-0.39, 0.29) is 34.3 Å². The second-order valence-corrected chi connectivity index (χ2v) is 12.8. The number of hydrogen-bond donors (Lipinski definition) is 3. The number of pyridine rings is 1. The van der Waals surface area contributed by atoms with Crippen molar-refractivity contribution in [3.05, 3.63) is 66.2 Å². The van der Waals surface area contributed by atoms with E-state index in [9.17, 15) is 17.2 Å². The van der Waals surface area contributed by atoms with Crippen LogP contribution in [0.3, 0.4) is 0 Å². The van der Waals surface area contributed by atoms with Gasteiger partial charge in [0.05, 0.1) is 22.7 Å². The summed E-state index contributed by atoms with van der Waals surface area (Å²) in [5.41, 5.74) is 0.756. The van der Waals surface area contributed by atoms with E-state index in [4.69, 9.17) is 4.74 Å². The van der Waals surface area contributed by atoms with E-state index in [0.717, 1.165) is 19.5 Å². The molecule has 43 heavy (non-hydrogen) atoms. The largest absolute Gasteiger partial charge is 0.437 e. The molecule has 5 rings (SSSR count). The molecule has 0 bridgehead atoms. The normalized spacial score (nSPS) is 17.5. The minimum Gasteiger partial charge on any atom is -0.437 e. The van der Waals surface area contributed by atoms with Gasteiger partial charge in [-0.3, -0.25) is 4.72 Å². The predicted molar refractivity (Wildman–Crippen MR) is 161 cm³/mol. The summed E-state index contributed by atoms with van der Waals surface area (Å²) in [7, 11) is -4.28. The number of hydrogen-bond acceptors (Lipinski definition) is 8. The van der Waals surface area contributed by atoms with Crippen molar-refractivity contribution in [2.45, 2.75) is 45.6 Å². The average molecular weight is 615 g/mol. The predicted octanol–water partition coefficient (Wildman–Crippen LogP) is 6.13. The minimum absolute atomic E-state index is 0.0118. The molecule has 1 aliphatic heterocycles. The fourth-order valence-electron chi connectivity index (χ4n) is 5.05. The number of rotatable bonds is 10. The number of alkyl halides is 2. The molecule has 0 spiro atoms. The van der Waals surface area contributed by atoms with Gasteiger partial charge in [0.15, 0.2) is 5.82 Å². The van der Waals surface area contributed by atoms with E-state index in [1.165, 1.54) is 19.2 Å². The molecule has 3 heterocycles. The number of sulfonamides is 1. The number of ether oxygens (including phenoxy) is 1. The summed E-state index contributed by atoms with van der Waals surface area (Å²) < 4.78 is 76.2. The lowest BCUT2D eigenvalue weighted by Crippen LogP contribution is -2.42. The molecule has 2 atom stereocenters. The van der Waals surface area contributed by atoms with Crippen molar-refractivity contribution in [3.63, 3.8) is 0 Å². The van der Waals surface area contributed by atoms with Gasteiger partial charge in [-0.1, -0.05) is 31.2 Å². The van der Waals surface area contributed by atoms with Gasteiger partial charge in [-0.15, -0.1) is 0 Å². The lowest BCUT2D eigenvalue weighted by molar-refractivity contribution is 0.0189. The molecule has 1 aliphatic rings. The SMILES string of the molecule is Cc1c(F)c(NS(=O)(=O)CCC(C)(F)F)c2ccccc2c1Oc1ncccc1-c1ccnc(NC2CNC[C@H](C)C2)n1. The Labute approximate surface area is 248 Å². The van der Waals surface area contributed by atoms with Gasteiger partial charge in [-0.05, 0) is 50.9 Å². The van der Waals surface area contributed by atoms with Gasteiger partial charge in [-0.25, -0.2) is 36.5 Å². The van der Waals surface area contributed by atoms with E-state index in [0.29, 0.717) is 35.4 Å². The first-order valence-corrected chi connectivity index (χ1v) is 15.6. The lowest BCUT2D eigenvalue weighted by atomic mass is 9.98. The number of fused-ring (bicyclic) bond motifs is 1. The highest BCUT2D eigenvalue weighted by Crippen LogP contribution is 2.42. The molecule has 1 fully saturated rings. The number of piperidine rings is 1. The maximum atomic E-state index is 15.8. The van der Waals surface area contributed by atoms with Crippen LogP contribution in [0, 0.1) is 18.7 Å². The lowest BCUT2D eigenvalue weighted by Gasteiger charge is -2.28. The number of anilines is 2. The first-order chi connectivity index (χ1) is 20.4. The summed E-state index contributed by atoms with van der Waals surface area (Å²) in [5, 5.41) is 7.38. The molecule has 13 heteroatoms. The van der Waals surface area contributed by atoms with Crippen molar-refractivity contribution < 1.29 is 26.3 Å². The van der Waals surface area contributed by atoms with Crippen LogP contribution in [-0.4, -0.2) is 54.2 Å². The number of nitrogens with one attached hydrogen (secondary N) is 3. The van der Waals surface area contributed by atoms with E-state index >= 15 is 4.39 Å². The fraction of sp³-hybridized carbons (Fsp3) is 0.367. The van der Waals surface area contributed by atoms with E-state index < -0.39 is 33.9 Å². The highest BCUT2D eigenvalue weighted by atomic mass is 32.2. The first-order valence-electron chi connectivity index (χ1n) is 13.9. The Bertz CT molecular complexity index is 1730. The quantitative estimate of drug-likeness (QED) is 0.195. The minimum atomic E-state index is -4.28. The second-order valence-electron chi connectivity index (χ2n) is 11.0. The number of aromatic nitrogens is 3. The van der Waals surface area contributed by atoms with Crippen LogP contribution in [0.25, 0.3) is 22.0 Å². The third kappa shape index (κ3) is 7.34. The van der Waals surface area contributed by atoms with Gasteiger partial charge < -0.3 is 15.4 Å². The molecule has 0 aliphatic carbocycles. The van der Waals surface area contributed by atoms with Gasteiger partial charge in [0.2, 0.25) is 27.8 Å². The van der Waals surface area contributed by atoms with Crippen LogP contribution in [0.5, 0.6) is 11.6 Å². The zero-order valence-corrected chi connectivity index (χ0v) is 24.8. The highest BCUT2D eigenvalue weighted by molar-refractivity contribution is 7.92. The van der Waals surface area contributed by atoms with Gasteiger partial charge in [0, 0.05) is 47.7 Å². The Balaban J connectivity index is 1.48. The van der Waals surface area contributed by atoms with Crippen LogP contribution in [-0.2, 0) is 10.0 Å². The second kappa shape index (κ2) is 12.3. The maximum absolute atomic E-state index is 15.8. The van der Waals surface area contributed by atoms with E-state index in [1.54, 1.807) is 42.6 Å². The van der Waals surface area contributed by atoms with E-state index in [1.807, 2.05) is 0 Å². The molecule has 1 unspecified atom stereocenters. The molecule has 3 N–H and O–H groups in total. The van der Waals surface area contributed by atoms with Gasteiger partial charge in [0.25, 0.3) is 0 Å². The standard InChI is InChI=1S/C30H33F3N6O3S/c1-18-15-20(17-34-16-18)37-29-36-13-10-24(38-29)23-9-6-12-35-28(23)42-27-19(2)25(31)26(21-7-4-5-8-22(21)27)39-43(40,41)14-11-30(3,32)33/h4-10,12-13,18,20,34,39H,11,14-17H2,1-3H3,(H,36,37,38)/t18-,20?/m1/s1. The molecular weight excluding hydrogens is 581 g/mol. The Morgan fingerprint density at radius 1 is 1.07 bits per heavy atom. The van der Waals surface area contributed by atoms with Crippen molar-refractivity contribution >= 4 is 32.4 Å². The highest BCUT2D eigenvalue weighted by Gasteiger charge is 2.28. The molecule has 4 aromatic rings. The number of nitrogens with zero attached hydrogens (tertiary/aromatic N) is 3. The van der Waals surface area contributed by atoms with Crippen LogP contribution in [0.4, 0.5) is 24.8 Å². The smallest absolute Gasteiger partial charge is 0.246 e. The fourth-order valence-corrected chi connectivity index (χ4v) is 6.29. The van der Waals surface area contributed by atoms with Crippen molar-refractivity contribution in [1.82, 2.24) is 20.3 Å². The molecule has 1 saturated heterocycles. The molecular formula is C30H33F3N6O3S. The number of halogens is 3. The first kappa shape index (κ1) is 30.5. The Kier molecular flexibility index (Phi) is 8.74. The third-order valence-electron chi connectivity index (χ3n) is 7.20. The zero-order valence-electron chi connectivity index (χ0n) is 24.0. The van der Waals surface area contributed by atoms with Crippen LogP contribution >= 0.6 is 0 Å². The van der Waals surface area contributed by atoms with Gasteiger partial charge in [-0.2, -0.15) is 0 Å². The van der Waals surface area contributed by atoms with Crippen molar-refractivity contribution in [2.75, 3.05) is 28.9 Å². The molecule has 228 valence electrons. The molecule has 2 aromatic heterocycles. The molecule has 0 amide bonds. The Morgan fingerprint density at radius 3 is 2.58 bits per heavy atom. The molecule has 9 nitrogen and oxygen atoms in total. The topological polar surface area (TPSA) is 118 Å². The average Bonchev–Trinajstić information content (AvgIpc) is 2.97. The van der Waals surface area contributed by atoms with E-state index in [2.05, 4.69) is 37.2 Å². The van der Waals surface area contributed by atoms with Crippen LogP contribution < -0.4 is 20.1 Å². The van der Waals surface area contributed by atoms with Gasteiger partial charge in [0.1, 0.15) is 5.75 Å².